The van der Waals surface area contributed by atoms with Gasteiger partial charge in [-0.1, -0.05) is 5.16 Å². The van der Waals surface area contributed by atoms with E-state index in [4.69, 9.17) is 5.21 Å². The summed E-state index contributed by atoms with van der Waals surface area (Å²) >= 11 is 0. The van der Waals surface area contributed by atoms with E-state index in [2.05, 4.69) is 5.16 Å². The van der Waals surface area contributed by atoms with Crippen molar-refractivity contribution in [1.29, 1.82) is 0 Å². The standard InChI is InChI=1S/C6H9NO2/c1-5(7-9)3-4-6(2)8/h3-4,9H,1-2H3. The van der Waals surface area contributed by atoms with Gasteiger partial charge < -0.3 is 5.21 Å². The van der Waals surface area contributed by atoms with Gasteiger partial charge in [0.1, 0.15) is 0 Å². The molecule has 0 aromatic carbocycles. The molecule has 0 atom stereocenters. The summed E-state index contributed by atoms with van der Waals surface area (Å²) in [4.78, 5) is 10.2. The van der Waals surface area contributed by atoms with Crippen molar-refractivity contribution >= 4 is 11.5 Å². The molecule has 0 bridgehead atoms. The molecule has 0 amide bonds. The van der Waals surface area contributed by atoms with E-state index in [1.54, 1.807) is 6.92 Å². The Morgan fingerprint density at radius 3 is 2.33 bits per heavy atom. The highest BCUT2D eigenvalue weighted by molar-refractivity contribution is 5.99. The molecule has 3 nitrogen and oxygen atoms in total. The van der Waals surface area contributed by atoms with Crippen molar-refractivity contribution in [2.24, 2.45) is 5.16 Å². The van der Waals surface area contributed by atoms with Gasteiger partial charge >= 0.3 is 0 Å². The maximum Gasteiger partial charge on any atom is 0.152 e. The van der Waals surface area contributed by atoms with Crippen LogP contribution in [0.3, 0.4) is 0 Å². The van der Waals surface area contributed by atoms with E-state index in [0.29, 0.717) is 5.71 Å². The van der Waals surface area contributed by atoms with E-state index in [9.17, 15) is 4.79 Å². The van der Waals surface area contributed by atoms with Gasteiger partial charge in [-0.05, 0) is 26.0 Å². The molecule has 0 rings (SSSR count). The molecule has 1 N–H and O–H groups in total. The van der Waals surface area contributed by atoms with Gasteiger partial charge in [0.2, 0.25) is 0 Å². The Morgan fingerprint density at radius 2 is 2.00 bits per heavy atom. The second kappa shape index (κ2) is 3.83. The predicted molar refractivity (Wildman–Crippen MR) is 34.7 cm³/mol. The Balaban J connectivity index is 3.86. The van der Waals surface area contributed by atoms with Crippen LogP contribution in [0.25, 0.3) is 0 Å². The summed E-state index contributed by atoms with van der Waals surface area (Å²) in [6.07, 6.45) is 2.79. The quantitative estimate of drug-likeness (QED) is 0.260. The third-order valence-electron chi connectivity index (χ3n) is 0.717. The summed E-state index contributed by atoms with van der Waals surface area (Å²) in [5, 5.41) is 10.9. The minimum Gasteiger partial charge on any atom is -0.411 e. The third kappa shape index (κ3) is 4.74. The summed E-state index contributed by atoms with van der Waals surface area (Å²) in [6.45, 7) is 3.03. The number of hydrogen-bond acceptors (Lipinski definition) is 3. The first-order valence-corrected chi connectivity index (χ1v) is 2.54. The number of rotatable bonds is 2. The Morgan fingerprint density at radius 1 is 1.44 bits per heavy atom. The zero-order valence-corrected chi connectivity index (χ0v) is 5.46. The number of carbonyl (C=O) groups is 1. The second-order valence-corrected chi connectivity index (χ2v) is 1.69. The largest absolute Gasteiger partial charge is 0.411 e. The first kappa shape index (κ1) is 7.88. The molecule has 0 radical (unpaired) electrons. The molecular weight excluding hydrogens is 118 g/mol. The maximum atomic E-state index is 10.2. The van der Waals surface area contributed by atoms with Crippen LogP contribution in [0.2, 0.25) is 0 Å². The molecule has 0 saturated heterocycles. The minimum atomic E-state index is -0.0574. The normalized spacial score (nSPS) is 12.4. The Kier molecular flexibility index (Phi) is 3.35. The van der Waals surface area contributed by atoms with Crippen LogP contribution >= 0.6 is 0 Å². The van der Waals surface area contributed by atoms with Crippen LogP contribution in [0.4, 0.5) is 0 Å². The van der Waals surface area contributed by atoms with Crippen LogP contribution in [0.1, 0.15) is 13.8 Å². The average molecular weight is 127 g/mol. The molecule has 0 aliphatic rings. The van der Waals surface area contributed by atoms with E-state index < -0.39 is 0 Å². The fourth-order valence-corrected chi connectivity index (χ4v) is 0.271. The molecule has 3 heteroatoms. The third-order valence-corrected chi connectivity index (χ3v) is 0.717. The molecular formula is C6H9NO2. The number of ketones is 1. The molecule has 0 aliphatic heterocycles. The van der Waals surface area contributed by atoms with Crippen molar-refractivity contribution < 1.29 is 10.0 Å². The van der Waals surface area contributed by atoms with Crippen molar-refractivity contribution in [2.45, 2.75) is 13.8 Å². The highest BCUT2D eigenvalue weighted by Crippen LogP contribution is 1.79. The van der Waals surface area contributed by atoms with Crippen LogP contribution in [0.15, 0.2) is 17.3 Å². The number of allylic oxidation sites excluding steroid dienone is 2. The molecule has 0 saturated carbocycles. The predicted octanol–water partition coefficient (Wildman–Crippen LogP) is 0.982. The van der Waals surface area contributed by atoms with Gasteiger partial charge in [0.15, 0.2) is 5.78 Å². The topological polar surface area (TPSA) is 49.7 Å². The number of nitrogens with zero attached hydrogens (tertiary/aromatic N) is 1. The fourth-order valence-electron chi connectivity index (χ4n) is 0.271. The van der Waals surface area contributed by atoms with Crippen LogP contribution in [0, 0.1) is 0 Å². The van der Waals surface area contributed by atoms with E-state index in [1.165, 1.54) is 19.1 Å². The van der Waals surface area contributed by atoms with Gasteiger partial charge in [0, 0.05) is 0 Å². The first-order valence-electron chi connectivity index (χ1n) is 2.54. The van der Waals surface area contributed by atoms with Crippen LogP contribution in [-0.2, 0) is 4.79 Å². The van der Waals surface area contributed by atoms with Gasteiger partial charge in [-0.3, -0.25) is 4.79 Å². The van der Waals surface area contributed by atoms with Crippen molar-refractivity contribution in [2.75, 3.05) is 0 Å². The summed E-state index contributed by atoms with van der Waals surface area (Å²) < 4.78 is 0. The zero-order chi connectivity index (χ0) is 7.28. The summed E-state index contributed by atoms with van der Waals surface area (Å²) in [5.74, 6) is -0.0574. The van der Waals surface area contributed by atoms with E-state index in [0.717, 1.165) is 0 Å². The highest BCUT2D eigenvalue weighted by Gasteiger charge is 1.83. The second-order valence-electron chi connectivity index (χ2n) is 1.69. The van der Waals surface area contributed by atoms with Gasteiger partial charge in [0.05, 0.1) is 5.71 Å². The Labute approximate surface area is 53.7 Å². The SMILES string of the molecule is CC(=O)C=CC(C)=NO. The van der Waals surface area contributed by atoms with E-state index in [-0.39, 0.29) is 5.78 Å². The lowest BCUT2D eigenvalue weighted by atomic mass is 10.3. The molecule has 0 unspecified atom stereocenters. The minimum absolute atomic E-state index is 0.0574. The fraction of sp³-hybridized carbons (Fsp3) is 0.333. The highest BCUT2D eigenvalue weighted by atomic mass is 16.4. The van der Waals surface area contributed by atoms with Crippen molar-refractivity contribution in [3.05, 3.63) is 12.2 Å². The van der Waals surface area contributed by atoms with E-state index in [1.807, 2.05) is 0 Å². The molecule has 50 valence electrons. The smallest absolute Gasteiger partial charge is 0.152 e. The lowest BCUT2D eigenvalue weighted by molar-refractivity contribution is -0.112. The summed E-state index contributed by atoms with van der Waals surface area (Å²) in [6, 6.07) is 0. The molecule has 0 aromatic heterocycles. The number of oxime groups is 1. The van der Waals surface area contributed by atoms with Gasteiger partial charge in [-0.15, -0.1) is 0 Å². The van der Waals surface area contributed by atoms with E-state index >= 15 is 0 Å². The molecule has 0 fully saturated rings. The van der Waals surface area contributed by atoms with Crippen molar-refractivity contribution in [1.82, 2.24) is 0 Å². The molecule has 0 aliphatic carbocycles. The van der Waals surface area contributed by atoms with Gasteiger partial charge in [0.25, 0.3) is 0 Å². The van der Waals surface area contributed by atoms with Crippen LogP contribution < -0.4 is 0 Å². The summed E-state index contributed by atoms with van der Waals surface area (Å²) in [5.41, 5.74) is 0.421. The average Bonchev–Trinajstić information content (AvgIpc) is 1.83. The summed E-state index contributed by atoms with van der Waals surface area (Å²) in [7, 11) is 0. The zero-order valence-electron chi connectivity index (χ0n) is 5.46. The lowest BCUT2D eigenvalue weighted by Gasteiger charge is -1.81. The van der Waals surface area contributed by atoms with Gasteiger partial charge in [-0.2, -0.15) is 0 Å². The van der Waals surface area contributed by atoms with Crippen LogP contribution in [0.5, 0.6) is 0 Å². The molecule has 0 heterocycles. The molecule has 9 heavy (non-hydrogen) atoms. The first-order chi connectivity index (χ1) is 4.16. The monoisotopic (exact) mass is 127 g/mol. The number of hydrogen-bond donors (Lipinski definition) is 1. The van der Waals surface area contributed by atoms with Crippen molar-refractivity contribution in [3.63, 3.8) is 0 Å². The molecule has 0 aromatic rings. The lowest BCUT2D eigenvalue weighted by Crippen LogP contribution is -1.86. The number of carbonyl (C=O) groups excluding carboxylic acids is 1. The Bertz CT molecular complexity index is 158. The Hall–Kier alpha value is -1.12. The maximum absolute atomic E-state index is 10.2. The van der Waals surface area contributed by atoms with Gasteiger partial charge in [-0.25, -0.2) is 0 Å². The molecule has 0 spiro atoms. The van der Waals surface area contributed by atoms with Crippen molar-refractivity contribution in [3.8, 4) is 0 Å². The van der Waals surface area contributed by atoms with Crippen LogP contribution in [-0.4, -0.2) is 16.7 Å².